The van der Waals surface area contributed by atoms with Gasteiger partial charge in [-0.3, -0.25) is 14.7 Å². The van der Waals surface area contributed by atoms with Crippen molar-refractivity contribution in [3.05, 3.63) is 28.3 Å². The number of nitro benzene ring substituents is 1. The monoisotopic (exact) mass is 319 g/mol. The van der Waals surface area contributed by atoms with Crippen molar-refractivity contribution in [2.24, 2.45) is 0 Å². The fourth-order valence-corrected chi connectivity index (χ4v) is 1.82. The number of non-ortho nitro benzene ring substituents is 1. The Bertz CT molecular complexity index is 553. The van der Waals surface area contributed by atoms with E-state index in [2.05, 4.69) is 0 Å². The molecule has 1 aromatic rings. The maximum atomic E-state index is 11.1. The predicted molar refractivity (Wildman–Crippen MR) is 65.0 cm³/mol. The molecular formula is C9H14NNaO8S. The largest absolute Gasteiger partial charge is 1.00 e. The van der Waals surface area contributed by atoms with Gasteiger partial charge in [0.1, 0.15) is 17.3 Å². The zero-order valence-corrected chi connectivity index (χ0v) is 13.7. The minimum atomic E-state index is -4.60. The molecular weight excluding hydrogens is 305 g/mol. The molecule has 110 valence electrons. The molecule has 0 aliphatic heterocycles. The topological polar surface area (TPSA) is 147 Å². The molecule has 3 N–H and O–H groups in total. The van der Waals surface area contributed by atoms with E-state index in [9.17, 15) is 18.5 Å². The van der Waals surface area contributed by atoms with Gasteiger partial charge >= 0.3 is 29.6 Å². The molecule has 0 saturated heterocycles. The molecule has 9 nitrogen and oxygen atoms in total. The molecule has 0 bridgehead atoms. The molecule has 0 spiro atoms. The van der Waals surface area contributed by atoms with E-state index in [1.807, 2.05) is 0 Å². The molecule has 0 heterocycles. The Hall–Kier alpha value is -0.750. The summed E-state index contributed by atoms with van der Waals surface area (Å²) in [5.74, 6) is -0.167. The Kier molecular flexibility index (Phi) is 9.95. The minimum absolute atomic E-state index is 0. The van der Waals surface area contributed by atoms with Gasteiger partial charge in [-0.25, -0.2) is 0 Å². The second-order valence-corrected chi connectivity index (χ2v) is 4.59. The molecule has 0 saturated carbocycles. The Morgan fingerprint density at radius 2 is 2.00 bits per heavy atom. The normalized spacial score (nSPS) is 10.1. The third-order valence-corrected chi connectivity index (χ3v) is 2.84. The summed E-state index contributed by atoms with van der Waals surface area (Å²) in [6.45, 7) is 0.263. The number of rotatable bonds is 6. The molecule has 1 rings (SSSR count). The Labute approximate surface area is 138 Å². The van der Waals surface area contributed by atoms with Gasteiger partial charge in [-0.2, -0.15) is 8.42 Å². The maximum Gasteiger partial charge on any atom is 1.00 e. The van der Waals surface area contributed by atoms with Crippen LogP contribution >= 0.6 is 0 Å². The van der Waals surface area contributed by atoms with Crippen LogP contribution in [0.5, 0.6) is 5.75 Å². The van der Waals surface area contributed by atoms with E-state index in [-0.39, 0.29) is 55.4 Å². The molecule has 11 heteroatoms. The van der Waals surface area contributed by atoms with Gasteiger partial charge in [0.05, 0.1) is 11.5 Å². The fourth-order valence-electron chi connectivity index (χ4n) is 1.17. The van der Waals surface area contributed by atoms with Gasteiger partial charge in [0.25, 0.3) is 15.8 Å². The molecule has 1 aromatic carbocycles. The standard InChI is InChI=1S/C9H11NO7S.Na.H2O.H/c1-16-4-5-17-8-3-2-7(10(11)12)6-9(8)18(13,14)15;;;/h2-3,6H,4-5H2,1H3,(H,13,14,15);;1H2;/q;+1;;-1. The van der Waals surface area contributed by atoms with Crippen molar-refractivity contribution < 1.29 is 63.8 Å². The quantitative estimate of drug-likeness (QED) is 0.195. The van der Waals surface area contributed by atoms with Crippen LogP contribution in [-0.4, -0.2) is 43.7 Å². The van der Waals surface area contributed by atoms with Crippen LogP contribution in [-0.2, 0) is 14.9 Å². The van der Waals surface area contributed by atoms with Crippen molar-refractivity contribution in [3.63, 3.8) is 0 Å². The summed E-state index contributed by atoms with van der Waals surface area (Å²) in [6, 6.07) is 2.92. The first-order valence-electron chi connectivity index (χ1n) is 4.74. The number of hydrogen-bond acceptors (Lipinski definition) is 6. The molecule has 0 unspecified atom stereocenters. The van der Waals surface area contributed by atoms with Crippen LogP contribution in [0.15, 0.2) is 23.1 Å². The van der Waals surface area contributed by atoms with Gasteiger partial charge in [-0.05, 0) is 6.07 Å². The first kappa shape index (κ1) is 21.5. The van der Waals surface area contributed by atoms with Crippen LogP contribution < -0.4 is 34.3 Å². The average Bonchev–Trinajstić information content (AvgIpc) is 2.28. The van der Waals surface area contributed by atoms with Gasteiger partial charge in [-0.15, -0.1) is 0 Å². The molecule has 20 heavy (non-hydrogen) atoms. The smallest absolute Gasteiger partial charge is 1.00 e. The van der Waals surface area contributed by atoms with Crippen molar-refractivity contribution in [3.8, 4) is 5.75 Å². The first-order chi connectivity index (χ1) is 8.36. The van der Waals surface area contributed by atoms with Crippen LogP contribution in [0.25, 0.3) is 0 Å². The SMILES string of the molecule is COCCOc1ccc([N+](=O)[O-])cc1S(=O)(=O)O.O.[H-].[Na+]. The van der Waals surface area contributed by atoms with Crippen molar-refractivity contribution >= 4 is 15.8 Å². The van der Waals surface area contributed by atoms with Crippen LogP contribution in [0.4, 0.5) is 5.69 Å². The van der Waals surface area contributed by atoms with Crippen LogP contribution in [0.3, 0.4) is 0 Å². The van der Waals surface area contributed by atoms with Gasteiger partial charge in [0, 0.05) is 19.2 Å². The van der Waals surface area contributed by atoms with Gasteiger partial charge in [-0.1, -0.05) is 0 Å². The number of hydrogen-bond donors (Lipinski definition) is 1. The minimum Gasteiger partial charge on any atom is -1.00 e. The summed E-state index contributed by atoms with van der Waals surface area (Å²) in [5.41, 5.74) is -0.457. The third-order valence-electron chi connectivity index (χ3n) is 1.96. The van der Waals surface area contributed by atoms with Gasteiger partial charge in [0.15, 0.2) is 0 Å². The number of nitrogens with zero attached hydrogens (tertiary/aromatic N) is 1. The fraction of sp³-hybridized carbons (Fsp3) is 0.333. The Morgan fingerprint density at radius 3 is 2.45 bits per heavy atom. The molecule has 0 amide bonds. The van der Waals surface area contributed by atoms with Crippen molar-refractivity contribution in [2.45, 2.75) is 4.90 Å². The second kappa shape index (κ2) is 9.23. The van der Waals surface area contributed by atoms with E-state index in [0.29, 0.717) is 0 Å². The Morgan fingerprint density at radius 1 is 1.40 bits per heavy atom. The predicted octanol–water partition coefficient (Wildman–Crippen LogP) is -2.84. The summed E-state index contributed by atoms with van der Waals surface area (Å²) in [6.07, 6.45) is 0. The molecule has 0 fully saturated rings. The first-order valence-corrected chi connectivity index (χ1v) is 6.18. The molecule has 0 aliphatic carbocycles. The van der Waals surface area contributed by atoms with Crippen LogP contribution in [0.2, 0.25) is 0 Å². The number of ether oxygens (including phenoxy) is 2. The van der Waals surface area contributed by atoms with Gasteiger partial charge < -0.3 is 16.4 Å². The van der Waals surface area contributed by atoms with Crippen molar-refractivity contribution in [2.75, 3.05) is 20.3 Å². The number of methoxy groups -OCH3 is 1. The molecule has 0 aromatic heterocycles. The zero-order valence-electron chi connectivity index (χ0n) is 11.9. The summed E-state index contributed by atoms with van der Waals surface area (Å²) in [4.78, 5) is 9.10. The summed E-state index contributed by atoms with van der Waals surface area (Å²) < 4.78 is 40.9. The van der Waals surface area contributed by atoms with E-state index in [1.165, 1.54) is 7.11 Å². The van der Waals surface area contributed by atoms with E-state index in [0.717, 1.165) is 18.2 Å². The van der Waals surface area contributed by atoms with Crippen molar-refractivity contribution in [1.29, 1.82) is 0 Å². The summed E-state index contributed by atoms with van der Waals surface area (Å²) in [7, 11) is -3.16. The van der Waals surface area contributed by atoms with E-state index in [1.54, 1.807) is 0 Å². The third kappa shape index (κ3) is 6.13. The van der Waals surface area contributed by atoms with E-state index in [4.69, 9.17) is 14.0 Å². The van der Waals surface area contributed by atoms with Crippen molar-refractivity contribution in [1.82, 2.24) is 0 Å². The van der Waals surface area contributed by atoms with E-state index < -0.39 is 25.6 Å². The van der Waals surface area contributed by atoms with Crippen LogP contribution in [0, 0.1) is 10.1 Å². The second-order valence-electron chi connectivity index (χ2n) is 3.20. The van der Waals surface area contributed by atoms with Gasteiger partial charge in [0.2, 0.25) is 0 Å². The number of benzene rings is 1. The van der Waals surface area contributed by atoms with E-state index >= 15 is 0 Å². The average molecular weight is 319 g/mol. The maximum absolute atomic E-state index is 11.1. The zero-order chi connectivity index (χ0) is 13.8. The summed E-state index contributed by atoms with van der Waals surface area (Å²) >= 11 is 0. The summed E-state index contributed by atoms with van der Waals surface area (Å²) in [5, 5.41) is 10.5. The molecule has 0 aliphatic rings. The number of nitro groups is 1. The van der Waals surface area contributed by atoms with Crippen LogP contribution in [0.1, 0.15) is 1.43 Å². The molecule has 0 atom stereocenters. The molecule has 0 radical (unpaired) electrons. The Balaban J connectivity index is -0.00000108.